The normalized spacial score (nSPS) is 17.5. The first-order valence-electron chi connectivity index (χ1n) is 6.50. The van der Waals surface area contributed by atoms with Gasteiger partial charge in [0.1, 0.15) is 0 Å². The second-order valence-electron chi connectivity index (χ2n) is 5.19. The number of carboxylic acid groups (broad SMARTS) is 1. The molecule has 0 saturated carbocycles. The van der Waals surface area contributed by atoms with Crippen molar-refractivity contribution in [3.63, 3.8) is 0 Å². The van der Waals surface area contributed by atoms with Crippen molar-refractivity contribution in [1.29, 1.82) is 0 Å². The zero-order chi connectivity index (χ0) is 15.6. The first-order valence-corrected chi connectivity index (χ1v) is 7.26. The number of hydrogen-bond donors (Lipinski definition) is 2. The van der Waals surface area contributed by atoms with Crippen LogP contribution in [0.5, 0.6) is 0 Å². The molecule has 0 saturated heterocycles. The summed E-state index contributed by atoms with van der Waals surface area (Å²) in [5.74, 6) is -1.65. The minimum absolute atomic E-state index is 0.216. The van der Waals surface area contributed by atoms with Crippen molar-refractivity contribution in [3.05, 3.63) is 46.0 Å². The third-order valence-corrected chi connectivity index (χ3v) is 4.42. The molecule has 6 heteroatoms. The standard InChI is InChI=1S/C15H15Cl2NO3/c1-15(14(20)21,10-6-7-11(16)12(17)8-10)18-13(19)9-4-2-3-5-9/h2-3,6-9H,4-5H2,1H3,(H,18,19)(H,20,21). The molecule has 0 aromatic heterocycles. The van der Waals surface area contributed by atoms with E-state index in [0.29, 0.717) is 23.4 Å². The molecule has 2 N–H and O–H groups in total. The maximum atomic E-state index is 12.2. The lowest BCUT2D eigenvalue weighted by Crippen LogP contribution is -2.51. The van der Waals surface area contributed by atoms with Crippen LogP contribution in [0.3, 0.4) is 0 Å². The molecule has 1 unspecified atom stereocenters. The fourth-order valence-electron chi connectivity index (χ4n) is 2.24. The molecule has 1 aromatic rings. The van der Waals surface area contributed by atoms with Gasteiger partial charge in [-0.25, -0.2) is 4.79 Å². The van der Waals surface area contributed by atoms with Crippen LogP contribution in [-0.2, 0) is 15.1 Å². The Morgan fingerprint density at radius 3 is 2.38 bits per heavy atom. The molecular weight excluding hydrogens is 313 g/mol. The third kappa shape index (κ3) is 3.22. The first-order chi connectivity index (χ1) is 9.84. The van der Waals surface area contributed by atoms with Gasteiger partial charge in [0.05, 0.1) is 10.0 Å². The van der Waals surface area contributed by atoms with Crippen LogP contribution in [0.4, 0.5) is 0 Å². The van der Waals surface area contributed by atoms with Gasteiger partial charge in [-0.3, -0.25) is 4.79 Å². The molecule has 1 atom stereocenters. The van der Waals surface area contributed by atoms with E-state index < -0.39 is 11.5 Å². The van der Waals surface area contributed by atoms with Gasteiger partial charge in [-0.2, -0.15) is 0 Å². The van der Waals surface area contributed by atoms with E-state index >= 15 is 0 Å². The number of halogens is 2. The number of carbonyl (C=O) groups excluding carboxylic acids is 1. The Bertz CT molecular complexity index is 607. The number of amides is 1. The number of hydrogen-bond acceptors (Lipinski definition) is 2. The molecule has 0 bridgehead atoms. The summed E-state index contributed by atoms with van der Waals surface area (Å²) in [5, 5.41) is 12.7. The van der Waals surface area contributed by atoms with E-state index in [1.54, 1.807) is 6.07 Å². The quantitative estimate of drug-likeness (QED) is 0.833. The average Bonchev–Trinajstić information content (AvgIpc) is 2.95. The van der Waals surface area contributed by atoms with Crippen LogP contribution in [0.2, 0.25) is 10.0 Å². The van der Waals surface area contributed by atoms with Crippen LogP contribution >= 0.6 is 23.2 Å². The highest BCUT2D eigenvalue weighted by atomic mass is 35.5. The zero-order valence-corrected chi connectivity index (χ0v) is 12.9. The van der Waals surface area contributed by atoms with Crippen LogP contribution < -0.4 is 5.32 Å². The van der Waals surface area contributed by atoms with Crippen LogP contribution in [-0.4, -0.2) is 17.0 Å². The molecular formula is C15H15Cl2NO3. The molecule has 0 radical (unpaired) electrons. The van der Waals surface area contributed by atoms with Gasteiger partial charge in [-0.15, -0.1) is 0 Å². The monoisotopic (exact) mass is 327 g/mol. The fourth-order valence-corrected chi connectivity index (χ4v) is 2.53. The summed E-state index contributed by atoms with van der Waals surface area (Å²) in [6.07, 6.45) is 5.09. The molecule has 2 rings (SSSR count). The number of allylic oxidation sites excluding steroid dienone is 2. The second kappa shape index (κ2) is 6.08. The number of carbonyl (C=O) groups is 2. The SMILES string of the molecule is CC(NC(=O)C1CC=CC1)(C(=O)O)c1ccc(Cl)c(Cl)c1. The summed E-state index contributed by atoms with van der Waals surface area (Å²) >= 11 is 11.8. The summed E-state index contributed by atoms with van der Waals surface area (Å²) in [5.41, 5.74) is -1.17. The summed E-state index contributed by atoms with van der Waals surface area (Å²) < 4.78 is 0. The topological polar surface area (TPSA) is 66.4 Å². The van der Waals surface area contributed by atoms with Crippen LogP contribution in [0.15, 0.2) is 30.4 Å². The summed E-state index contributed by atoms with van der Waals surface area (Å²) in [7, 11) is 0. The molecule has 0 spiro atoms. The molecule has 1 amide bonds. The molecule has 0 aliphatic heterocycles. The van der Waals surface area contributed by atoms with E-state index in [2.05, 4.69) is 5.32 Å². The number of carboxylic acids is 1. The molecule has 21 heavy (non-hydrogen) atoms. The van der Waals surface area contributed by atoms with E-state index in [0.717, 1.165) is 0 Å². The van der Waals surface area contributed by atoms with Crippen LogP contribution in [0, 0.1) is 5.92 Å². The van der Waals surface area contributed by atoms with Crippen molar-refractivity contribution in [2.75, 3.05) is 0 Å². The maximum absolute atomic E-state index is 12.2. The number of nitrogens with one attached hydrogen (secondary N) is 1. The van der Waals surface area contributed by atoms with Gasteiger partial charge in [-0.1, -0.05) is 41.4 Å². The predicted octanol–water partition coefficient (Wildman–Crippen LogP) is 3.38. The Morgan fingerprint density at radius 1 is 1.24 bits per heavy atom. The number of aliphatic carboxylic acids is 1. The van der Waals surface area contributed by atoms with Gasteiger partial charge in [-0.05, 0) is 37.5 Å². The lowest BCUT2D eigenvalue weighted by molar-refractivity contribution is -0.148. The Labute approximate surface area is 132 Å². The van der Waals surface area contributed by atoms with Gasteiger partial charge in [0.2, 0.25) is 5.91 Å². The molecule has 112 valence electrons. The van der Waals surface area contributed by atoms with E-state index in [4.69, 9.17) is 23.2 Å². The van der Waals surface area contributed by atoms with Crippen LogP contribution in [0.1, 0.15) is 25.3 Å². The van der Waals surface area contributed by atoms with Crippen molar-refractivity contribution in [1.82, 2.24) is 5.32 Å². The lowest BCUT2D eigenvalue weighted by Gasteiger charge is -2.28. The highest BCUT2D eigenvalue weighted by molar-refractivity contribution is 6.42. The number of rotatable bonds is 4. The Morgan fingerprint density at radius 2 is 1.86 bits per heavy atom. The Hall–Kier alpha value is -1.52. The minimum Gasteiger partial charge on any atom is -0.479 e. The van der Waals surface area contributed by atoms with Crippen molar-refractivity contribution < 1.29 is 14.7 Å². The van der Waals surface area contributed by atoms with Gasteiger partial charge >= 0.3 is 5.97 Å². The zero-order valence-electron chi connectivity index (χ0n) is 11.4. The molecule has 1 aliphatic carbocycles. The van der Waals surface area contributed by atoms with Gasteiger partial charge < -0.3 is 10.4 Å². The minimum atomic E-state index is -1.55. The van der Waals surface area contributed by atoms with E-state index in [-0.39, 0.29) is 16.8 Å². The molecule has 0 heterocycles. The Balaban J connectivity index is 2.29. The molecule has 1 aromatic carbocycles. The summed E-state index contributed by atoms with van der Waals surface area (Å²) in [6, 6.07) is 4.53. The first kappa shape index (κ1) is 15.9. The highest BCUT2D eigenvalue weighted by Gasteiger charge is 2.38. The van der Waals surface area contributed by atoms with Crippen molar-refractivity contribution in [3.8, 4) is 0 Å². The number of benzene rings is 1. The molecule has 4 nitrogen and oxygen atoms in total. The van der Waals surface area contributed by atoms with E-state index in [1.807, 2.05) is 12.2 Å². The predicted molar refractivity (Wildman–Crippen MR) is 81.5 cm³/mol. The second-order valence-corrected chi connectivity index (χ2v) is 6.00. The lowest BCUT2D eigenvalue weighted by atomic mass is 9.91. The van der Waals surface area contributed by atoms with Gasteiger partial charge in [0.15, 0.2) is 5.54 Å². The van der Waals surface area contributed by atoms with Crippen LogP contribution in [0.25, 0.3) is 0 Å². The summed E-state index contributed by atoms with van der Waals surface area (Å²) in [6.45, 7) is 1.44. The van der Waals surface area contributed by atoms with E-state index in [9.17, 15) is 14.7 Å². The molecule has 0 fully saturated rings. The maximum Gasteiger partial charge on any atom is 0.333 e. The fraction of sp³-hybridized carbons (Fsp3) is 0.333. The van der Waals surface area contributed by atoms with Gasteiger partial charge in [0, 0.05) is 5.92 Å². The van der Waals surface area contributed by atoms with Crippen molar-refractivity contribution in [2.24, 2.45) is 5.92 Å². The largest absolute Gasteiger partial charge is 0.479 e. The third-order valence-electron chi connectivity index (χ3n) is 3.68. The van der Waals surface area contributed by atoms with Crippen molar-refractivity contribution in [2.45, 2.75) is 25.3 Å². The Kier molecular flexibility index (Phi) is 4.59. The summed E-state index contributed by atoms with van der Waals surface area (Å²) in [4.78, 5) is 23.9. The molecule has 1 aliphatic rings. The van der Waals surface area contributed by atoms with E-state index in [1.165, 1.54) is 19.1 Å². The average molecular weight is 328 g/mol. The smallest absolute Gasteiger partial charge is 0.333 e. The highest BCUT2D eigenvalue weighted by Crippen LogP contribution is 2.30. The van der Waals surface area contributed by atoms with Crippen molar-refractivity contribution >= 4 is 35.1 Å². The van der Waals surface area contributed by atoms with Gasteiger partial charge in [0.25, 0.3) is 0 Å².